The Balaban J connectivity index is 2.25. The first-order valence-electron chi connectivity index (χ1n) is 5.67. The first-order valence-corrected chi connectivity index (χ1v) is 5.67. The Morgan fingerprint density at radius 2 is 1.74 bits per heavy atom. The van der Waals surface area contributed by atoms with Gasteiger partial charge in [-0.1, -0.05) is 6.07 Å². The summed E-state index contributed by atoms with van der Waals surface area (Å²) in [6.45, 7) is 1.61. The molecule has 5 heteroatoms. The van der Waals surface area contributed by atoms with Crippen LogP contribution in [0.2, 0.25) is 0 Å². The van der Waals surface area contributed by atoms with Gasteiger partial charge in [0.1, 0.15) is 23.2 Å². The Hall–Kier alpha value is -2.17. The maximum absolute atomic E-state index is 13.6. The van der Waals surface area contributed by atoms with E-state index < -0.39 is 23.5 Å². The SMILES string of the molecule is CC(Nc1cc(F)ccc1F)c1ccc(O)cc1F. The van der Waals surface area contributed by atoms with Gasteiger partial charge in [-0.25, -0.2) is 13.2 Å². The van der Waals surface area contributed by atoms with Gasteiger partial charge in [0.05, 0.1) is 11.7 Å². The molecule has 0 aliphatic heterocycles. The van der Waals surface area contributed by atoms with Crippen LogP contribution >= 0.6 is 0 Å². The third-order valence-corrected chi connectivity index (χ3v) is 2.75. The van der Waals surface area contributed by atoms with Gasteiger partial charge in [-0.05, 0) is 31.2 Å². The van der Waals surface area contributed by atoms with E-state index >= 15 is 0 Å². The Bertz CT molecular complexity index is 601. The van der Waals surface area contributed by atoms with Gasteiger partial charge < -0.3 is 10.4 Å². The minimum Gasteiger partial charge on any atom is -0.508 e. The molecule has 2 nitrogen and oxygen atoms in total. The predicted molar refractivity (Wildman–Crippen MR) is 66.5 cm³/mol. The molecule has 0 bridgehead atoms. The van der Waals surface area contributed by atoms with E-state index in [4.69, 9.17) is 5.11 Å². The van der Waals surface area contributed by atoms with Crippen LogP contribution in [0.3, 0.4) is 0 Å². The second kappa shape index (κ2) is 5.22. The topological polar surface area (TPSA) is 32.3 Å². The zero-order valence-corrected chi connectivity index (χ0v) is 10.1. The zero-order valence-electron chi connectivity index (χ0n) is 10.1. The summed E-state index contributed by atoms with van der Waals surface area (Å²) in [6.07, 6.45) is 0. The molecule has 0 spiro atoms. The smallest absolute Gasteiger partial charge is 0.146 e. The quantitative estimate of drug-likeness (QED) is 0.881. The van der Waals surface area contributed by atoms with Crippen LogP contribution in [-0.2, 0) is 0 Å². The minimum atomic E-state index is -0.618. The summed E-state index contributed by atoms with van der Waals surface area (Å²) >= 11 is 0. The number of phenols is 1. The summed E-state index contributed by atoms with van der Waals surface area (Å²) in [6, 6.07) is 6.12. The van der Waals surface area contributed by atoms with Gasteiger partial charge in [0.25, 0.3) is 0 Å². The van der Waals surface area contributed by atoms with Crippen molar-refractivity contribution in [3.63, 3.8) is 0 Å². The second-order valence-corrected chi connectivity index (χ2v) is 4.20. The van der Waals surface area contributed by atoms with Crippen molar-refractivity contribution in [3.8, 4) is 5.75 Å². The molecule has 0 saturated carbocycles. The lowest BCUT2D eigenvalue weighted by molar-refractivity contribution is 0.467. The summed E-state index contributed by atoms with van der Waals surface area (Å²) in [5.74, 6) is -2.00. The molecule has 2 aromatic rings. The lowest BCUT2D eigenvalue weighted by Crippen LogP contribution is -2.10. The van der Waals surface area contributed by atoms with E-state index in [2.05, 4.69) is 5.32 Å². The fourth-order valence-electron chi connectivity index (χ4n) is 1.79. The number of phenolic OH excluding ortho intramolecular Hbond substituents is 1. The van der Waals surface area contributed by atoms with Gasteiger partial charge in [-0.3, -0.25) is 0 Å². The van der Waals surface area contributed by atoms with E-state index in [1.807, 2.05) is 0 Å². The van der Waals surface area contributed by atoms with Gasteiger partial charge in [-0.15, -0.1) is 0 Å². The van der Waals surface area contributed by atoms with E-state index in [0.29, 0.717) is 0 Å². The zero-order chi connectivity index (χ0) is 14.0. The molecule has 0 aliphatic rings. The lowest BCUT2D eigenvalue weighted by atomic mass is 10.1. The van der Waals surface area contributed by atoms with Crippen LogP contribution in [-0.4, -0.2) is 5.11 Å². The van der Waals surface area contributed by atoms with Crippen molar-refractivity contribution in [2.45, 2.75) is 13.0 Å². The molecule has 2 rings (SSSR count). The first-order chi connectivity index (χ1) is 8.97. The van der Waals surface area contributed by atoms with Crippen LogP contribution < -0.4 is 5.32 Å². The molecule has 100 valence electrons. The van der Waals surface area contributed by atoms with Crippen LogP contribution in [0.15, 0.2) is 36.4 Å². The molecule has 0 aliphatic carbocycles. The highest BCUT2D eigenvalue weighted by Gasteiger charge is 2.13. The van der Waals surface area contributed by atoms with Crippen LogP contribution in [0.25, 0.3) is 0 Å². The van der Waals surface area contributed by atoms with Gasteiger partial charge in [0.15, 0.2) is 0 Å². The molecule has 1 unspecified atom stereocenters. The summed E-state index contributed by atoms with van der Waals surface area (Å²) < 4.78 is 40.1. The molecule has 0 amide bonds. The molecular weight excluding hydrogens is 255 g/mol. The highest BCUT2D eigenvalue weighted by Crippen LogP contribution is 2.26. The number of benzene rings is 2. The van der Waals surface area contributed by atoms with E-state index in [1.54, 1.807) is 6.92 Å². The summed E-state index contributed by atoms with van der Waals surface area (Å²) in [7, 11) is 0. The molecule has 0 aromatic heterocycles. The fourth-order valence-corrected chi connectivity index (χ4v) is 1.79. The van der Waals surface area contributed by atoms with Crippen molar-refractivity contribution in [3.05, 3.63) is 59.4 Å². The fraction of sp³-hybridized carbons (Fsp3) is 0.143. The Labute approximate surface area is 108 Å². The van der Waals surface area contributed by atoms with Crippen LogP contribution in [0.5, 0.6) is 5.75 Å². The number of nitrogens with one attached hydrogen (secondary N) is 1. The molecule has 1 atom stereocenters. The van der Waals surface area contributed by atoms with E-state index in [-0.39, 0.29) is 17.0 Å². The minimum absolute atomic E-state index is 0.0417. The largest absolute Gasteiger partial charge is 0.508 e. The summed E-state index contributed by atoms with van der Waals surface area (Å²) in [5.41, 5.74) is 0.210. The van der Waals surface area contributed by atoms with Crippen LogP contribution in [0, 0.1) is 17.5 Å². The van der Waals surface area contributed by atoms with Crippen molar-refractivity contribution in [2.24, 2.45) is 0 Å². The molecule has 19 heavy (non-hydrogen) atoms. The normalized spacial score (nSPS) is 12.2. The number of halogens is 3. The maximum atomic E-state index is 13.6. The average molecular weight is 267 g/mol. The number of anilines is 1. The average Bonchev–Trinajstić information content (AvgIpc) is 2.33. The monoisotopic (exact) mass is 267 g/mol. The van der Waals surface area contributed by atoms with E-state index in [0.717, 1.165) is 24.3 Å². The summed E-state index contributed by atoms with van der Waals surface area (Å²) in [5, 5.41) is 11.8. The van der Waals surface area contributed by atoms with Gasteiger partial charge in [-0.2, -0.15) is 0 Å². The molecule has 0 heterocycles. The number of hydrogen-bond donors (Lipinski definition) is 2. The van der Waals surface area contributed by atoms with Gasteiger partial charge in [0.2, 0.25) is 0 Å². The third kappa shape index (κ3) is 2.99. The Morgan fingerprint density at radius 1 is 1.00 bits per heavy atom. The number of rotatable bonds is 3. The maximum Gasteiger partial charge on any atom is 0.146 e. The van der Waals surface area contributed by atoms with Gasteiger partial charge >= 0.3 is 0 Å². The number of aromatic hydroxyl groups is 1. The van der Waals surface area contributed by atoms with Crippen molar-refractivity contribution in [1.82, 2.24) is 0 Å². The van der Waals surface area contributed by atoms with Crippen molar-refractivity contribution in [2.75, 3.05) is 5.32 Å². The van der Waals surface area contributed by atoms with Crippen molar-refractivity contribution < 1.29 is 18.3 Å². The second-order valence-electron chi connectivity index (χ2n) is 4.20. The van der Waals surface area contributed by atoms with Crippen molar-refractivity contribution >= 4 is 5.69 Å². The highest BCUT2D eigenvalue weighted by molar-refractivity contribution is 5.47. The Morgan fingerprint density at radius 3 is 2.42 bits per heavy atom. The predicted octanol–water partition coefficient (Wildman–Crippen LogP) is 3.98. The van der Waals surface area contributed by atoms with Crippen LogP contribution in [0.4, 0.5) is 18.9 Å². The number of hydrogen-bond acceptors (Lipinski definition) is 2. The third-order valence-electron chi connectivity index (χ3n) is 2.75. The van der Waals surface area contributed by atoms with Gasteiger partial charge in [0, 0.05) is 11.6 Å². The molecule has 0 saturated heterocycles. The molecular formula is C14H12F3NO. The molecule has 0 fully saturated rings. The standard InChI is InChI=1S/C14H12F3NO/c1-8(11-4-3-10(19)7-13(11)17)18-14-6-9(15)2-5-12(14)16/h2-8,18-19H,1H3. The lowest BCUT2D eigenvalue weighted by Gasteiger charge is -2.17. The van der Waals surface area contributed by atoms with Crippen LogP contribution in [0.1, 0.15) is 18.5 Å². The Kier molecular flexibility index (Phi) is 3.64. The highest BCUT2D eigenvalue weighted by atomic mass is 19.1. The molecule has 0 radical (unpaired) electrons. The first kappa shape index (κ1) is 13.3. The van der Waals surface area contributed by atoms with E-state index in [9.17, 15) is 13.2 Å². The summed E-state index contributed by atoms with van der Waals surface area (Å²) in [4.78, 5) is 0. The van der Waals surface area contributed by atoms with E-state index in [1.165, 1.54) is 12.1 Å². The van der Waals surface area contributed by atoms with Crippen molar-refractivity contribution in [1.29, 1.82) is 0 Å². The molecule has 2 aromatic carbocycles. The molecule has 2 N–H and O–H groups in total.